The Kier molecular flexibility index (Phi) is 5.21. The fraction of sp³-hybridized carbons (Fsp3) is 0.300. The maximum atomic E-state index is 12.7. The summed E-state index contributed by atoms with van der Waals surface area (Å²) in [4.78, 5) is 29.5. The summed E-state index contributed by atoms with van der Waals surface area (Å²) in [5, 5.41) is 7.61. The van der Waals surface area contributed by atoms with E-state index in [0.717, 1.165) is 0 Å². The Labute approximate surface area is 157 Å². The number of carbonyl (C=O) groups is 2. The molecule has 2 aromatic heterocycles. The fourth-order valence-electron chi connectivity index (χ4n) is 2.81. The third-order valence-corrected chi connectivity index (χ3v) is 4.13. The summed E-state index contributed by atoms with van der Waals surface area (Å²) in [6, 6.07) is 10.8. The molecule has 0 aliphatic heterocycles. The van der Waals surface area contributed by atoms with E-state index in [0.29, 0.717) is 28.0 Å². The summed E-state index contributed by atoms with van der Waals surface area (Å²) in [5.74, 6) is -0.416. The normalized spacial score (nSPS) is 12.2. The van der Waals surface area contributed by atoms with Crippen LogP contribution in [0.1, 0.15) is 42.9 Å². The van der Waals surface area contributed by atoms with Crippen LogP contribution in [0.2, 0.25) is 0 Å². The lowest BCUT2D eigenvalue weighted by atomic mass is 10.1. The number of ether oxygens (including phenoxy) is 1. The second kappa shape index (κ2) is 7.57. The molecule has 0 fully saturated rings. The Balaban J connectivity index is 1.76. The van der Waals surface area contributed by atoms with Crippen LogP contribution in [0.15, 0.2) is 42.6 Å². The smallest absolute Gasteiger partial charge is 0.339 e. The molecule has 7 heteroatoms. The Morgan fingerprint density at radius 1 is 1.15 bits per heavy atom. The van der Waals surface area contributed by atoms with Crippen LogP contribution in [-0.4, -0.2) is 32.7 Å². The Hall–Kier alpha value is -3.22. The van der Waals surface area contributed by atoms with Crippen molar-refractivity contribution in [2.45, 2.75) is 39.8 Å². The van der Waals surface area contributed by atoms with Gasteiger partial charge in [0.15, 0.2) is 6.10 Å². The first-order valence-electron chi connectivity index (χ1n) is 8.78. The first-order valence-corrected chi connectivity index (χ1v) is 8.78. The van der Waals surface area contributed by atoms with Crippen molar-refractivity contribution < 1.29 is 14.3 Å². The third-order valence-electron chi connectivity index (χ3n) is 4.13. The highest BCUT2D eigenvalue weighted by molar-refractivity contribution is 6.04. The number of nitrogens with zero attached hydrogens (tertiary/aromatic N) is 3. The number of anilines is 1. The second-order valence-electron chi connectivity index (χ2n) is 6.62. The molecular weight excluding hydrogens is 344 g/mol. The molecule has 1 N–H and O–H groups in total. The zero-order valence-corrected chi connectivity index (χ0v) is 15.8. The highest BCUT2D eigenvalue weighted by atomic mass is 16.5. The Morgan fingerprint density at radius 2 is 1.89 bits per heavy atom. The van der Waals surface area contributed by atoms with Crippen LogP contribution in [0.25, 0.3) is 10.9 Å². The van der Waals surface area contributed by atoms with Crippen molar-refractivity contribution in [1.82, 2.24) is 14.8 Å². The molecule has 0 radical (unpaired) electrons. The average molecular weight is 366 g/mol. The molecule has 1 aromatic carbocycles. The lowest BCUT2D eigenvalue weighted by Gasteiger charge is -2.16. The van der Waals surface area contributed by atoms with Gasteiger partial charge in [-0.25, -0.2) is 9.48 Å². The van der Waals surface area contributed by atoms with Crippen molar-refractivity contribution in [2.24, 2.45) is 0 Å². The predicted octanol–water partition coefficient (Wildman–Crippen LogP) is 3.50. The Morgan fingerprint density at radius 3 is 2.63 bits per heavy atom. The zero-order valence-electron chi connectivity index (χ0n) is 15.8. The van der Waals surface area contributed by atoms with Crippen LogP contribution in [-0.2, 0) is 9.53 Å². The lowest BCUT2D eigenvalue weighted by Crippen LogP contribution is -2.31. The summed E-state index contributed by atoms with van der Waals surface area (Å²) in [6.07, 6.45) is 0.651. The quantitative estimate of drug-likeness (QED) is 0.699. The standard InChI is InChI=1S/C20H22N4O3/c1-12(2)24-18(9-10-21-24)23-19(25)14(4)27-20(26)16-11-13(3)22-17-8-6-5-7-15(16)17/h5-12,14H,1-4H3,(H,23,25)/t14-/m1/s1. The Bertz CT molecular complexity index is 994. The average Bonchev–Trinajstić information content (AvgIpc) is 3.09. The van der Waals surface area contributed by atoms with Crippen LogP contribution < -0.4 is 5.32 Å². The van der Waals surface area contributed by atoms with Gasteiger partial charge in [-0.3, -0.25) is 9.78 Å². The van der Waals surface area contributed by atoms with Crippen LogP contribution >= 0.6 is 0 Å². The van der Waals surface area contributed by atoms with Gasteiger partial charge in [0.25, 0.3) is 5.91 Å². The van der Waals surface area contributed by atoms with Crippen molar-refractivity contribution in [2.75, 3.05) is 5.32 Å². The molecule has 0 bridgehead atoms. The number of aromatic nitrogens is 3. The molecule has 7 nitrogen and oxygen atoms in total. The highest BCUT2D eigenvalue weighted by Crippen LogP contribution is 2.20. The molecule has 1 amide bonds. The third kappa shape index (κ3) is 3.97. The molecule has 0 saturated heterocycles. The zero-order chi connectivity index (χ0) is 19.6. The number of nitrogens with one attached hydrogen (secondary N) is 1. The molecular formula is C20H22N4O3. The molecule has 0 aliphatic rings. The number of esters is 1. The number of carbonyl (C=O) groups excluding carboxylic acids is 2. The number of rotatable bonds is 5. The molecule has 2 heterocycles. The molecule has 0 spiro atoms. The number of aryl methyl sites for hydroxylation is 1. The van der Waals surface area contributed by atoms with Gasteiger partial charge >= 0.3 is 5.97 Å². The molecule has 27 heavy (non-hydrogen) atoms. The summed E-state index contributed by atoms with van der Waals surface area (Å²) < 4.78 is 7.09. The van der Waals surface area contributed by atoms with Gasteiger partial charge in [0.05, 0.1) is 17.3 Å². The van der Waals surface area contributed by atoms with E-state index in [-0.39, 0.29) is 6.04 Å². The largest absolute Gasteiger partial charge is 0.449 e. The van der Waals surface area contributed by atoms with E-state index in [2.05, 4.69) is 15.4 Å². The number of pyridine rings is 1. The first-order chi connectivity index (χ1) is 12.9. The van der Waals surface area contributed by atoms with Crippen LogP contribution in [0, 0.1) is 6.92 Å². The van der Waals surface area contributed by atoms with E-state index in [1.54, 1.807) is 29.9 Å². The van der Waals surface area contributed by atoms with Crippen LogP contribution in [0.4, 0.5) is 5.82 Å². The van der Waals surface area contributed by atoms with E-state index < -0.39 is 18.0 Å². The van der Waals surface area contributed by atoms with Crippen molar-refractivity contribution in [3.8, 4) is 0 Å². The molecule has 1 atom stereocenters. The number of hydrogen-bond acceptors (Lipinski definition) is 5. The topological polar surface area (TPSA) is 86.1 Å². The minimum atomic E-state index is -0.958. The van der Waals surface area contributed by atoms with Crippen LogP contribution in [0.5, 0.6) is 0 Å². The second-order valence-corrected chi connectivity index (χ2v) is 6.62. The molecule has 0 unspecified atom stereocenters. The van der Waals surface area contributed by atoms with Gasteiger partial charge in [-0.05, 0) is 39.8 Å². The minimum absolute atomic E-state index is 0.0966. The fourth-order valence-corrected chi connectivity index (χ4v) is 2.81. The SMILES string of the molecule is Cc1cc(C(=O)O[C@H](C)C(=O)Nc2ccnn2C(C)C)c2ccccc2n1. The number of benzene rings is 1. The van der Waals surface area contributed by atoms with E-state index >= 15 is 0 Å². The van der Waals surface area contributed by atoms with E-state index in [4.69, 9.17) is 4.74 Å². The summed E-state index contributed by atoms with van der Waals surface area (Å²) in [7, 11) is 0. The van der Waals surface area contributed by atoms with Crippen molar-refractivity contribution in [3.05, 3.63) is 53.9 Å². The van der Waals surface area contributed by atoms with Crippen molar-refractivity contribution in [3.63, 3.8) is 0 Å². The van der Waals surface area contributed by atoms with Gasteiger partial charge in [-0.15, -0.1) is 0 Å². The number of para-hydroxylation sites is 1. The molecule has 3 rings (SSSR count). The molecule has 0 saturated carbocycles. The monoisotopic (exact) mass is 366 g/mol. The van der Waals surface area contributed by atoms with Crippen molar-refractivity contribution in [1.29, 1.82) is 0 Å². The van der Waals surface area contributed by atoms with Crippen molar-refractivity contribution >= 4 is 28.6 Å². The highest BCUT2D eigenvalue weighted by Gasteiger charge is 2.22. The summed E-state index contributed by atoms with van der Waals surface area (Å²) in [5.41, 5.74) is 1.81. The first kappa shape index (κ1) is 18.6. The minimum Gasteiger partial charge on any atom is -0.449 e. The molecule has 0 aliphatic carbocycles. The summed E-state index contributed by atoms with van der Waals surface area (Å²) in [6.45, 7) is 7.28. The van der Waals surface area contributed by atoms with E-state index in [1.807, 2.05) is 45.0 Å². The van der Waals surface area contributed by atoms with E-state index in [9.17, 15) is 9.59 Å². The van der Waals surface area contributed by atoms with Gasteiger partial charge in [-0.2, -0.15) is 5.10 Å². The number of amides is 1. The maximum Gasteiger partial charge on any atom is 0.339 e. The maximum absolute atomic E-state index is 12.7. The van der Waals surface area contributed by atoms with Gasteiger partial charge in [0.1, 0.15) is 5.82 Å². The lowest BCUT2D eigenvalue weighted by molar-refractivity contribution is -0.123. The van der Waals surface area contributed by atoms with Gasteiger partial charge in [0, 0.05) is 23.2 Å². The van der Waals surface area contributed by atoms with E-state index in [1.165, 1.54) is 0 Å². The summed E-state index contributed by atoms with van der Waals surface area (Å²) >= 11 is 0. The van der Waals surface area contributed by atoms with Gasteiger partial charge < -0.3 is 10.1 Å². The van der Waals surface area contributed by atoms with Crippen LogP contribution in [0.3, 0.4) is 0 Å². The molecule has 140 valence electrons. The predicted molar refractivity (Wildman–Crippen MR) is 103 cm³/mol. The number of hydrogen-bond donors (Lipinski definition) is 1. The van der Waals surface area contributed by atoms with Gasteiger partial charge in [-0.1, -0.05) is 18.2 Å². The van der Waals surface area contributed by atoms with Gasteiger partial charge in [0.2, 0.25) is 0 Å². The molecule has 3 aromatic rings. The number of fused-ring (bicyclic) bond motifs is 1.